The summed E-state index contributed by atoms with van der Waals surface area (Å²) in [4.78, 5) is 16.4. The van der Waals surface area contributed by atoms with Gasteiger partial charge >= 0.3 is 0 Å². The Labute approximate surface area is 181 Å². The highest BCUT2D eigenvalue weighted by Gasteiger charge is 2.15. The second kappa shape index (κ2) is 9.42. The molecule has 0 saturated carbocycles. The molecule has 1 amide bonds. The molecule has 0 aliphatic heterocycles. The van der Waals surface area contributed by atoms with Gasteiger partial charge in [-0.2, -0.15) is 0 Å². The van der Waals surface area contributed by atoms with Gasteiger partial charge in [-0.15, -0.1) is 11.3 Å². The fourth-order valence-electron chi connectivity index (χ4n) is 3.15. The lowest BCUT2D eigenvalue weighted by atomic mass is 10.1. The van der Waals surface area contributed by atoms with Crippen molar-refractivity contribution in [3.05, 3.63) is 108 Å². The predicted molar refractivity (Wildman–Crippen MR) is 123 cm³/mol. The van der Waals surface area contributed by atoms with Crippen molar-refractivity contribution < 1.29 is 9.53 Å². The molecule has 4 heteroatoms. The van der Waals surface area contributed by atoms with Gasteiger partial charge in [0.25, 0.3) is 5.91 Å². The van der Waals surface area contributed by atoms with Gasteiger partial charge in [0.05, 0.1) is 4.88 Å². The van der Waals surface area contributed by atoms with Crippen molar-refractivity contribution in [3.63, 3.8) is 0 Å². The Morgan fingerprint density at radius 3 is 2.13 bits per heavy atom. The van der Waals surface area contributed by atoms with Crippen LogP contribution in [0.3, 0.4) is 0 Å². The zero-order valence-electron chi connectivity index (χ0n) is 16.8. The van der Waals surface area contributed by atoms with Crippen molar-refractivity contribution in [1.82, 2.24) is 4.90 Å². The summed E-state index contributed by atoms with van der Waals surface area (Å²) in [5.41, 5.74) is 2.31. The third kappa shape index (κ3) is 4.97. The van der Waals surface area contributed by atoms with E-state index < -0.39 is 0 Å². The van der Waals surface area contributed by atoms with Crippen LogP contribution in [-0.2, 0) is 6.42 Å². The van der Waals surface area contributed by atoms with Crippen LogP contribution in [0.25, 0.3) is 10.4 Å². The third-order valence-corrected chi connectivity index (χ3v) is 5.98. The molecule has 0 fully saturated rings. The Morgan fingerprint density at radius 2 is 1.43 bits per heavy atom. The average molecular weight is 414 g/mol. The average Bonchev–Trinajstić information content (AvgIpc) is 3.29. The van der Waals surface area contributed by atoms with Crippen molar-refractivity contribution in [3.8, 4) is 21.9 Å². The Balaban J connectivity index is 1.38. The summed E-state index contributed by atoms with van der Waals surface area (Å²) in [5, 5.41) is 0. The molecule has 0 aliphatic carbocycles. The lowest BCUT2D eigenvalue weighted by Crippen LogP contribution is -2.28. The Kier molecular flexibility index (Phi) is 6.26. The minimum Gasteiger partial charge on any atom is -0.457 e. The van der Waals surface area contributed by atoms with Crippen LogP contribution in [0.4, 0.5) is 0 Å². The van der Waals surface area contributed by atoms with Crippen LogP contribution in [0.1, 0.15) is 15.2 Å². The molecule has 0 radical (unpaired) electrons. The molecule has 0 atom stereocenters. The lowest BCUT2D eigenvalue weighted by molar-refractivity contribution is 0.0801. The molecule has 1 aromatic heterocycles. The van der Waals surface area contributed by atoms with Gasteiger partial charge in [0, 0.05) is 18.5 Å². The van der Waals surface area contributed by atoms with Gasteiger partial charge in [-0.3, -0.25) is 4.79 Å². The number of nitrogens with zero attached hydrogens (tertiary/aromatic N) is 1. The fourth-order valence-corrected chi connectivity index (χ4v) is 4.16. The SMILES string of the molecule is CN(CCc1ccccc1)C(=O)c1ccc(-c2ccc(Oc3ccccc3)cc2)s1. The van der Waals surface area contributed by atoms with E-state index in [0.717, 1.165) is 33.2 Å². The fraction of sp³-hybridized carbons (Fsp3) is 0.115. The number of carbonyl (C=O) groups excluding carboxylic acids is 1. The molecule has 4 aromatic rings. The van der Waals surface area contributed by atoms with Crippen molar-refractivity contribution >= 4 is 17.2 Å². The van der Waals surface area contributed by atoms with E-state index in [-0.39, 0.29) is 5.91 Å². The van der Waals surface area contributed by atoms with Gasteiger partial charge in [-0.25, -0.2) is 0 Å². The Hall–Kier alpha value is -3.37. The largest absolute Gasteiger partial charge is 0.457 e. The molecular formula is C26H23NO2S. The molecule has 0 saturated heterocycles. The van der Waals surface area contributed by atoms with Crippen molar-refractivity contribution in [2.45, 2.75) is 6.42 Å². The van der Waals surface area contributed by atoms with Gasteiger partial charge in [-0.1, -0.05) is 48.5 Å². The molecule has 0 bridgehead atoms. The molecule has 0 unspecified atom stereocenters. The Morgan fingerprint density at radius 1 is 0.800 bits per heavy atom. The second-order valence-electron chi connectivity index (χ2n) is 7.07. The van der Waals surface area contributed by atoms with Crippen LogP contribution in [0.2, 0.25) is 0 Å². The molecule has 4 rings (SSSR count). The van der Waals surface area contributed by atoms with Gasteiger partial charge in [0.2, 0.25) is 0 Å². The summed E-state index contributed by atoms with van der Waals surface area (Å²) in [6.45, 7) is 0.696. The zero-order valence-corrected chi connectivity index (χ0v) is 17.6. The number of benzene rings is 3. The van der Waals surface area contributed by atoms with Crippen molar-refractivity contribution in [2.24, 2.45) is 0 Å². The molecule has 1 heterocycles. The van der Waals surface area contributed by atoms with E-state index >= 15 is 0 Å². The maximum atomic E-state index is 12.8. The van der Waals surface area contributed by atoms with E-state index in [1.54, 1.807) is 4.90 Å². The molecule has 3 aromatic carbocycles. The third-order valence-electron chi connectivity index (χ3n) is 4.86. The normalized spacial score (nSPS) is 10.6. The van der Waals surface area contributed by atoms with Crippen molar-refractivity contribution in [2.75, 3.05) is 13.6 Å². The minimum absolute atomic E-state index is 0.0613. The highest BCUT2D eigenvalue weighted by molar-refractivity contribution is 7.17. The number of hydrogen-bond acceptors (Lipinski definition) is 3. The highest BCUT2D eigenvalue weighted by Crippen LogP contribution is 2.31. The monoisotopic (exact) mass is 413 g/mol. The standard InChI is InChI=1S/C26H23NO2S/c1-27(19-18-20-8-4-2-5-9-20)26(28)25-17-16-24(30-25)21-12-14-23(15-13-21)29-22-10-6-3-7-11-22/h2-17H,18-19H2,1H3. The first-order chi connectivity index (χ1) is 14.7. The van der Waals surface area contributed by atoms with E-state index in [4.69, 9.17) is 4.74 Å². The van der Waals surface area contributed by atoms with Crippen LogP contribution < -0.4 is 4.74 Å². The van der Waals surface area contributed by atoms with Crippen LogP contribution in [0, 0.1) is 0 Å². The van der Waals surface area contributed by atoms with Gasteiger partial charge in [-0.05, 0) is 66.1 Å². The molecule has 0 aliphatic rings. The first-order valence-corrected chi connectivity index (χ1v) is 10.7. The maximum absolute atomic E-state index is 12.8. The van der Waals surface area contributed by atoms with Crippen molar-refractivity contribution in [1.29, 1.82) is 0 Å². The number of amides is 1. The summed E-state index contributed by atoms with van der Waals surface area (Å²) in [5.74, 6) is 1.66. The summed E-state index contributed by atoms with van der Waals surface area (Å²) in [7, 11) is 1.86. The van der Waals surface area contributed by atoms with E-state index in [0.29, 0.717) is 6.54 Å². The van der Waals surface area contributed by atoms with E-state index in [1.807, 2.05) is 92.0 Å². The lowest BCUT2D eigenvalue weighted by Gasteiger charge is -2.16. The van der Waals surface area contributed by atoms with Crippen LogP contribution in [0.5, 0.6) is 11.5 Å². The number of hydrogen-bond donors (Lipinski definition) is 0. The number of carbonyl (C=O) groups is 1. The maximum Gasteiger partial charge on any atom is 0.263 e. The first-order valence-electron chi connectivity index (χ1n) is 9.91. The summed E-state index contributed by atoms with van der Waals surface area (Å²) >= 11 is 1.52. The highest BCUT2D eigenvalue weighted by atomic mass is 32.1. The second-order valence-corrected chi connectivity index (χ2v) is 8.15. The number of thiophene rings is 1. The minimum atomic E-state index is 0.0613. The molecule has 30 heavy (non-hydrogen) atoms. The molecule has 0 spiro atoms. The van der Waals surface area contributed by atoms with Crippen LogP contribution >= 0.6 is 11.3 Å². The topological polar surface area (TPSA) is 29.5 Å². The smallest absolute Gasteiger partial charge is 0.263 e. The number of likely N-dealkylation sites (N-methyl/N-ethyl adjacent to an activating group) is 1. The van der Waals surface area contributed by atoms with E-state index in [1.165, 1.54) is 16.9 Å². The van der Waals surface area contributed by atoms with Gasteiger partial charge in [0.15, 0.2) is 0 Å². The number of ether oxygens (including phenoxy) is 1. The number of para-hydroxylation sites is 1. The van der Waals surface area contributed by atoms with Gasteiger partial charge in [0.1, 0.15) is 11.5 Å². The van der Waals surface area contributed by atoms with E-state index in [2.05, 4.69) is 12.1 Å². The molecule has 150 valence electrons. The van der Waals surface area contributed by atoms with E-state index in [9.17, 15) is 4.79 Å². The molecular weight excluding hydrogens is 390 g/mol. The van der Waals surface area contributed by atoms with Gasteiger partial charge < -0.3 is 9.64 Å². The quantitative estimate of drug-likeness (QED) is 0.345. The summed E-state index contributed by atoms with van der Waals surface area (Å²) in [6, 6.07) is 31.8. The number of rotatable bonds is 7. The molecule has 3 nitrogen and oxygen atoms in total. The summed E-state index contributed by atoms with van der Waals surface area (Å²) < 4.78 is 5.85. The Bertz CT molecular complexity index is 1090. The predicted octanol–water partition coefficient (Wildman–Crippen LogP) is 6.52. The first kappa shape index (κ1) is 19.9. The zero-order chi connectivity index (χ0) is 20.8. The van der Waals surface area contributed by atoms with Crippen LogP contribution in [0.15, 0.2) is 97.1 Å². The van der Waals surface area contributed by atoms with Crippen LogP contribution in [-0.4, -0.2) is 24.4 Å². The summed E-state index contributed by atoms with van der Waals surface area (Å²) in [6.07, 6.45) is 0.851. The molecule has 0 N–H and O–H groups in total.